The highest BCUT2D eigenvalue weighted by Crippen LogP contribution is 2.35. The zero-order chi connectivity index (χ0) is 21.0. The molecule has 0 saturated heterocycles. The first-order valence-corrected chi connectivity index (χ1v) is 11.3. The molecular weight excluding hydrogens is 390 g/mol. The van der Waals surface area contributed by atoms with Crippen molar-refractivity contribution in [1.82, 2.24) is 5.01 Å². The topological polar surface area (TPSA) is 88.1 Å². The standard InChI is InChI=1S/C21H25N3O4S/c1-4-7-21(25)24-20(16-9-6-11-18(13-16)28-2)14-19(22-24)15-8-5-10-17(12-15)23-29(3,26)27/h5-6,8-13,20,23H,4,7,14H2,1-3H3/t20-/m0/s1. The SMILES string of the molecule is CCCC(=O)N1N=C(c2cccc(NS(C)(=O)=O)c2)C[C@H]1c1cccc(OC)c1. The number of hydrazone groups is 1. The molecule has 1 N–H and O–H groups in total. The van der Waals surface area contributed by atoms with Crippen molar-refractivity contribution in [2.45, 2.75) is 32.2 Å². The predicted molar refractivity (Wildman–Crippen MR) is 114 cm³/mol. The normalized spacial score (nSPS) is 16.4. The fraction of sp³-hybridized carbons (Fsp3) is 0.333. The first-order chi connectivity index (χ1) is 13.8. The van der Waals surface area contributed by atoms with Gasteiger partial charge < -0.3 is 4.74 Å². The molecule has 1 aliphatic heterocycles. The van der Waals surface area contributed by atoms with E-state index in [1.807, 2.05) is 37.3 Å². The van der Waals surface area contributed by atoms with Crippen LogP contribution in [0.3, 0.4) is 0 Å². The summed E-state index contributed by atoms with van der Waals surface area (Å²) in [5, 5.41) is 6.16. The monoisotopic (exact) mass is 415 g/mol. The lowest BCUT2D eigenvalue weighted by atomic mass is 9.98. The van der Waals surface area contributed by atoms with Gasteiger partial charge in [0.25, 0.3) is 0 Å². The Morgan fingerprint density at radius 1 is 1.24 bits per heavy atom. The first kappa shape index (κ1) is 20.9. The molecule has 154 valence electrons. The van der Waals surface area contributed by atoms with Gasteiger partial charge in [-0.2, -0.15) is 5.10 Å². The van der Waals surface area contributed by atoms with Gasteiger partial charge in [-0.1, -0.05) is 31.2 Å². The molecule has 0 unspecified atom stereocenters. The molecule has 2 aromatic carbocycles. The fourth-order valence-electron chi connectivity index (χ4n) is 3.33. The molecule has 0 aliphatic carbocycles. The molecule has 2 aromatic rings. The van der Waals surface area contributed by atoms with E-state index in [-0.39, 0.29) is 11.9 Å². The number of carbonyl (C=O) groups is 1. The lowest BCUT2D eigenvalue weighted by Gasteiger charge is -2.22. The third-order valence-corrected chi connectivity index (χ3v) is 5.21. The zero-order valence-corrected chi connectivity index (χ0v) is 17.6. The van der Waals surface area contributed by atoms with Crippen LogP contribution in [0.5, 0.6) is 5.75 Å². The molecule has 0 fully saturated rings. The minimum atomic E-state index is -3.38. The van der Waals surface area contributed by atoms with Crippen LogP contribution in [0.1, 0.15) is 43.4 Å². The van der Waals surface area contributed by atoms with E-state index in [2.05, 4.69) is 9.82 Å². The van der Waals surface area contributed by atoms with E-state index in [9.17, 15) is 13.2 Å². The summed E-state index contributed by atoms with van der Waals surface area (Å²) in [5.41, 5.74) is 2.92. The van der Waals surface area contributed by atoms with Gasteiger partial charge in [-0.15, -0.1) is 0 Å². The summed E-state index contributed by atoms with van der Waals surface area (Å²) in [4.78, 5) is 12.7. The molecule has 29 heavy (non-hydrogen) atoms. The molecule has 0 bridgehead atoms. The average molecular weight is 416 g/mol. The van der Waals surface area contributed by atoms with E-state index in [1.165, 1.54) is 0 Å². The Balaban J connectivity index is 1.95. The highest BCUT2D eigenvalue weighted by Gasteiger charge is 2.32. The third-order valence-electron chi connectivity index (χ3n) is 4.61. The molecular formula is C21H25N3O4S. The number of nitrogens with zero attached hydrogens (tertiary/aromatic N) is 2. The van der Waals surface area contributed by atoms with Gasteiger partial charge in [0.2, 0.25) is 15.9 Å². The fourth-order valence-corrected chi connectivity index (χ4v) is 3.88. The summed E-state index contributed by atoms with van der Waals surface area (Å²) in [6.07, 6.45) is 2.79. The number of carbonyl (C=O) groups excluding carboxylic acids is 1. The maximum atomic E-state index is 12.7. The number of methoxy groups -OCH3 is 1. The summed E-state index contributed by atoms with van der Waals surface area (Å²) < 4.78 is 30.9. The number of benzene rings is 2. The van der Waals surface area contributed by atoms with Gasteiger partial charge in [-0.05, 0) is 41.8 Å². The Morgan fingerprint density at radius 3 is 2.69 bits per heavy atom. The summed E-state index contributed by atoms with van der Waals surface area (Å²) in [6.45, 7) is 1.96. The van der Waals surface area contributed by atoms with Crippen LogP contribution in [0.2, 0.25) is 0 Å². The van der Waals surface area contributed by atoms with Crippen molar-refractivity contribution >= 4 is 27.3 Å². The second-order valence-corrected chi connectivity index (χ2v) is 8.74. The smallest absolute Gasteiger partial charge is 0.243 e. The van der Waals surface area contributed by atoms with Gasteiger partial charge in [0, 0.05) is 18.5 Å². The molecule has 1 amide bonds. The molecule has 0 aromatic heterocycles. The summed E-state index contributed by atoms with van der Waals surface area (Å²) in [5.74, 6) is 0.680. The number of sulfonamides is 1. The zero-order valence-electron chi connectivity index (χ0n) is 16.8. The number of rotatable bonds is 7. The molecule has 1 aliphatic rings. The van der Waals surface area contributed by atoms with Crippen molar-refractivity contribution in [3.05, 3.63) is 59.7 Å². The lowest BCUT2D eigenvalue weighted by molar-refractivity contribution is -0.133. The molecule has 0 spiro atoms. The Labute approximate surface area is 171 Å². The Bertz CT molecular complexity index is 1030. The Morgan fingerprint density at radius 2 is 2.00 bits per heavy atom. The number of nitrogens with one attached hydrogen (secondary N) is 1. The number of anilines is 1. The van der Waals surface area contributed by atoms with Gasteiger partial charge >= 0.3 is 0 Å². The number of amides is 1. The Kier molecular flexibility index (Phi) is 6.22. The highest BCUT2D eigenvalue weighted by molar-refractivity contribution is 7.92. The van der Waals surface area contributed by atoms with E-state index in [4.69, 9.17) is 4.74 Å². The van der Waals surface area contributed by atoms with Crippen LogP contribution in [0.4, 0.5) is 5.69 Å². The van der Waals surface area contributed by atoms with Gasteiger partial charge in [-0.25, -0.2) is 13.4 Å². The van der Waals surface area contributed by atoms with Crippen LogP contribution in [0, 0.1) is 0 Å². The van der Waals surface area contributed by atoms with E-state index >= 15 is 0 Å². The van der Waals surface area contributed by atoms with Crippen molar-refractivity contribution in [3.8, 4) is 5.75 Å². The summed E-state index contributed by atoms with van der Waals surface area (Å²) in [7, 11) is -1.77. The number of hydrogen-bond donors (Lipinski definition) is 1. The summed E-state index contributed by atoms with van der Waals surface area (Å²) in [6, 6.07) is 14.4. The second-order valence-electron chi connectivity index (χ2n) is 6.99. The molecule has 0 saturated carbocycles. The van der Waals surface area contributed by atoms with Crippen molar-refractivity contribution < 1.29 is 17.9 Å². The van der Waals surface area contributed by atoms with Gasteiger partial charge in [-0.3, -0.25) is 9.52 Å². The second kappa shape index (κ2) is 8.65. The first-order valence-electron chi connectivity index (χ1n) is 9.42. The molecule has 8 heteroatoms. The molecule has 7 nitrogen and oxygen atoms in total. The third kappa shape index (κ3) is 5.14. The largest absolute Gasteiger partial charge is 0.497 e. The van der Waals surface area contributed by atoms with Gasteiger partial charge in [0.15, 0.2) is 0 Å². The number of hydrogen-bond acceptors (Lipinski definition) is 5. The van der Waals surface area contributed by atoms with Crippen LogP contribution in [0.15, 0.2) is 53.6 Å². The van der Waals surface area contributed by atoms with Gasteiger partial charge in [0.1, 0.15) is 5.75 Å². The highest BCUT2D eigenvalue weighted by atomic mass is 32.2. The van der Waals surface area contributed by atoms with E-state index in [0.717, 1.165) is 35.3 Å². The summed E-state index contributed by atoms with van der Waals surface area (Å²) >= 11 is 0. The van der Waals surface area contributed by atoms with E-state index < -0.39 is 10.0 Å². The van der Waals surface area contributed by atoms with Crippen molar-refractivity contribution in [1.29, 1.82) is 0 Å². The van der Waals surface area contributed by atoms with E-state index in [1.54, 1.807) is 30.3 Å². The van der Waals surface area contributed by atoms with Crippen molar-refractivity contribution in [3.63, 3.8) is 0 Å². The Hall–Kier alpha value is -2.87. The minimum Gasteiger partial charge on any atom is -0.497 e. The molecule has 3 rings (SSSR count). The lowest BCUT2D eigenvalue weighted by Crippen LogP contribution is -2.26. The van der Waals surface area contributed by atoms with Crippen LogP contribution >= 0.6 is 0 Å². The number of ether oxygens (including phenoxy) is 1. The van der Waals surface area contributed by atoms with Crippen LogP contribution in [0.25, 0.3) is 0 Å². The molecule has 0 radical (unpaired) electrons. The maximum Gasteiger partial charge on any atom is 0.243 e. The van der Waals surface area contributed by atoms with Crippen LogP contribution < -0.4 is 9.46 Å². The van der Waals surface area contributed by atoms with Gasteiger partial charge in [0.05, 0.1) is 25.1 Å². The van der Waals surface area contributed by atoms with Crippen LogP contribution in [-0.4, -0.2) is 38.4 Å². The van der Waals surface area contributed by atoms with Crippen molar-refractivity contribution in [2.24, 2.45) is 5.10 Å². The maximum absolute atomic E-state index is 12.7. The van der Waals surface area contributed by atoms with E-state index in [0.29, 0.717) is 18.5 Å². The molecule has 1 atom stereocenters. The van der Waals surface area contributed by atoms with Crippen molar-refractivity contribution in [2.75, 3.05) is 18.1 Å². The average Bonchev–Trinajstić information content (AvgIpc) is 3.13. The predicted octanol–water partition coefficient (Wildman–Crippen LogP) is 3.54. The van der Waals surface area contributed by atoms with Crippen LogP contribution in [-0.2, 0) is 14.8 Å². The quantitative estimate of drug-likeness (QED) is 0.749. The molecule has 1 heterocycles. The minimum absolute atomic E-state index is 0.0410.